The minimum Gasteiger partial charge on any atom is -0.323 e. The molecule has 0 aliphatic heterocycles. The lowest BCUT2D eigenvalue weighted by Crippen LogP contribution is -1.92. The molecule has 0 saturated heterocycles. The first-order chi connectivity index (χ1) is 1.73. The largest absolute Gasteiger partial charge is 0.323 e. The van der Waals surface area contributed by atoms with Crippen LogP contribution in [0.4, 0.5) is 4.11 Å². The van der Waals surface area contributed by atoms with Crippen LogP contribution in [0.5, 0.6) is 0 Å². The molecule has 3 heteroatoms. The van der Waals surface area contributed by atoms with Crippen LogP contribution in [0, 0.1) is 0 Å². The van der Waals surface area contributed by atoms with Gasteiger partial charge >= 0.3 is 0 Å². The molecule has 0 aliphatic rings. The van der Waals surface area contributed by atoms with Gasteiger partial charge in [-0.15, -0.1) is 0 Å². The molecule has 4 heavy (non-hydrogen) atoms. The van der Waals surface area contributed by atoms with Crippen LogP contribution in [0.15, 0.2) is 0 Å². The molecule has 0 aromatic heterocycles. The number of rotatable bonds is 0. The molecule has 0 amide bonds. The Hall–Kier alpha value is 0.364. The van der Waals surface area contributed by atoms with Gasteiger partial charge in [0.05, 0.1) is 0 Å². The van der Waals surface area contributed by atoms with Gasteiger partial charge in [0.2, 0.25) is 8.65 Å². The lowest BCUT2D eigenvalue weighted by Gasteiger charge is -1.70. The Bertz CT molecular complexity index is 10.8. The van der Waals surface area contributed by atoms with Crippen molar-refractivity contribution in [1.29, 1.82) is 0 Å². The molecule has 0 nitrogen and oxygen atoms in total. The highest BCUT2D eigenvalue weighted by Gasteiger charge is 1.79. The van der Waals surface area contributed by atoms with E-state index in [4.69, 9.17) is 0 Å². The topological polar surface area (TPSA) is 0 Å². The molecule has 0 heterocycles. The van der Waals surface area contributed by atoms with E-state index >= 15 is 0 Å². The van der Waals surface area contributed by atoms with Gasteiger partial charge in [-0.1, -0.05) is 0 Å². The van der Waals surface area contributed by atoms with E-state index in [1.54, 1.807) is 6.55 Å². The third kappa shape index (κ3) is 33.2. The summed E-state index contributed by atoms with van der Waals surface area (Å²) < 4.78 is 11.2. The van der Waals surface area contributed by atoms with Crippen molar-refractivity contribution in [3.63, 3.8) is 0 Å². The fraction of sp³-hybridized carbons (Fsp3) is 1.00. The van der Waals surface area contributed by atoms with E-state index in [9.17, 15) is 4.11 Å². The van der Waals surface area contributed by atoms with Gasteiger partial charge in [-0.05, 0) is 6.55 Å². The van der Waals surface area contributed by atoms with Gasteiger partial charge in [-0.2, -0.15) is 0 Å². The molecule has 1 atom stereocenters. The van der Waals surface area contributed by atoms with Crippen molar-refractivity contribution in [2.45, 2.75) is 6.55 Å². The monoisotopic (exact) mass is 94.0 g/mol. The first kappa shape index (κ1) is 4.36. The molecule has 1 unspecified atom stereocenters. The maximum Gasteiger partial charge on any atom is 0.205 e. The van der Waals surface area contributed by atoms with Gasteiger partial charge in [0, 0.05) is 9.76 Å². The van der Waals surface area contributed by atoms with Crippen LogP contribution in [0.1, 0.15) is 0 Å². The average Bonchev–Trinajstić information content (AvgIpc) is 0.811. The molecule has 0 bridgehead atoms. The van der Waals surface area contributed by atoms with Crippen molar-refractivity contribution in [2.24, 2.45) is 0 Å². The zero-order valence-corrected chi connectivity index (χ0v) is 6.11. The third-order valence-corrected chi connectivity index (χ3v) is 0. The molecule has 0 spiro atoms. The standard InChI is InChI=1S/CH7FSi2/c1-4(2)3/h4H,1,3H3. The predicted octanol–water partition coefficient (Wildman–Crippen LogP) is -0.828. The summed E-state index contributed by atoms with van der Waals surface area (Å²) in [7, 11) is -0.679. The second-order valence-electron chi connectivity index (χ2n) is 1.01. The van der Waals surface area contributed by atoms with Crippen LogP contribution in [-0.2, 0) is 0 Å². The van der Waals surface area contributed by atoms with Gasteiger partial charge in [-0.25, -0.2) is 0 Å². The lowest BCUT2D eigenvalue weighted by atomic mass is 11.9. The second-order valence-corrected chi connectivity index (χ2v) is 7.81. The average molecular weight is 94.2 g/mol. The Kier molecular flexibility index (Phi) is 1.81. The SMILES string of the molecule is C[SiH](F)[SiH3]. The zero-order chi connectivity index (χ0) is 3.58. The van der Waals surface area contributed by atoms with E-state index in [-0.39, 0.29) is 0 Å². The Morgan fingerprint density at radius 1 is 2.00 bits per heavy atom. The summed E-state index contributed by atoms with van der Waals surface area (Å²) in [6.45, 7) is 1.70. The molecule has 0 radical (unpaired) electrons. The summed E-state index contributed by atoms with van der Waals surface area (Å²) in [5, 5.41) is 0. The van der Waals surface area contributed by atoms with Gasteiger partial charge in [-0.3, -0.25) is 0 Å². The fourth-order valence-corrected chi connectivity index (χ4v) is 0. The number of halogens is 1. The van der Waals surface area contributed by atoms with E-state index in [2.05, 4.69) is 0 Å². The Balaban J connectivity index is 2.32. The molecule has 0 rings (SSSR count). The summed E-state index contributed by atoms with van der Waals surface area (Å²) in [5.74, 6) is 0. The minimum atomic E-state index is -1.50. The van der Waals surface area contributed by atoms with Crippen LogP contribution in [0.25, 0.3) is 0 Å². The normalized spacial score (nSPS) is 16.5. The van der Waals surface area contributed by atoms with E-state index in [1.165, 1.54) is 0 Å². The van der Waals surface area contributed by atoms with E-state index in [1.807, 2.05) is 0 Å². The first-order valence-corrected chi connectivity index (χ1v) is 7.58. The van der Waals surface area contributed by atoms with Crippen LogP contribution in [-0.4, -0.2) is 18.4 Å². The highest BCUT2D eigenvalue weighted by atomic mass is 29.2. The van der Waals surface area contributed by atoms with E-state index in [0.29, 0.717) is 0 Å². The molecule has 0 aliphatic carbocycles. The summed E-state index contributed by atoms with van der Waals surface area (Å²) in [5.41, 5.74) is 0. The molecule has 0 fully saturated rings. The molecule has 0 saturated carbocycles. The smallest absolute Gasteiger partial charge is 0.205 e. The quantitative estimate of drug-likeness (QED) is 0.271. The molecule has 0 N–H and O–H groups in total. The van der Waals surface area contributed by atoms with Crippen molar-refractivity contribution < 1.29 is 4.11 Å². The maximum absolute atomic E-state index is 11.2. The van der Waals surface area contributed by atoms with Crippen LogP contribution < -0.4 is 0 Å². The van der Waals surface area contributed by atoms with E-state index < -0.39 is 8.65 Å². The molecule has 26 valence electrons. The van der Waals surface area contributed by atoms with Crippen molar-refractivity contribution in [3.8, 4) is 0 Å². The molecule has 0 aromatic carbocycles. The number of hydrogen-bond acceptors (Lipinski definition) is 0. The lowest BCUT2D eigenvalue weighted by molar-refractivity contribution is 0.867. The zero-order valence-electron chi connectivity index (χ0n) is 2.96. The van der Waals surface area contributed by atoms with Crippen molar-refractivity contribution in [3.05, 3.63) is 0 Å². The van der Waals surface area contributed by atoms with Gasteiger partial charge in [0.25, 0.3) is 0 Å². The fourth-order valence-electron chi connectivity index (χ4n) is 0. The molecular weight excluding hydrogens is 87.2 g/mol. The molecular formula is CH7FSi2. The summed E-state index contributed by atoms with van der Waals surface area (Å²) >= 11 is 0. The first-order valence-electron chi connectivity index (χ1n) is 1.37. The van der Waals surface area contributed by atoms with Crippen LogP contribution >= 0.6 is 0 Å². The minimum absolute atomic E-state index is 0.821. The van der Waals surface area contributed by atoms with Gasteiger partial charge in [0.15, 0.2) is 0 Å². The van der Waals surface area contributed by atoms with Crippen molar-refractivity contribution >= 4 is 18.4 Å². The summed E-state index contributed by atoms with van der Waals surface area (Å²) in [6, 6.07) is 0. The molecule has 0 aromatic rings. The summed E-state index contributed by atoms with van der Waals surface area (Å²) in [4.78, 5) is 0. The number of hydrogen-bond donors (Lipinski definition) is 0. The Morgan fingerprint density at radius 3 is 2.00 bits per heavy atom. The van der Waals surface area contributed by atoms with Gasteiger partial charge in [0.1, 0.15) is 0 Å². The maximum atomic E-state index is 11.2. The van der Waals surface area contributed by atoms with Crippen LogP contribution in [0.2, 0.25) is 6.55 Å². The Labute approximate surface area is 30.0 Å². The van der Waals surface area contributed by atoms with Crippen LogP contribution in [0.3, 0.4) is 0 Å². The highest BCUT2D eigenvalue weighted by Crippen LogP contribution is 1.64. The highest BCUT2D eigenvalue weighted by molar-refractivity contribution is 6.98. The van der Waals surface area contributed by atoms with Crippen molar-refractivity contribution in [2.75, 3.05) is 0 Å². The van der Waals surface area contributed by atoms with Gasteiger partial charge < -0.3 is 4.11 Å². The summed E-state index contributed by atoms with van der Waals surface area (Å²) in [6.07, 6.45) is 0. The Morgan fingerprint density at radius 2 is 2.00 bits per heavy atom. The second kappa shape index (κ2) is 1.66. The third-order valence-electron chi connectivity index (χ3n) is 0. The van der Waals surface area contributed by atoms with Crippen molar-refractivity contribution in [1.82, 2.24) is 0 Å². The predicted molar refractivity (Wildman–Crippen MR) is 24.1 cm³/mol. The van der Waals surface area contributed by atoms with E-state index in [0.717, 1.165) is 9.76 Å².